The van der Waals surface area contributed by atoms with Gasteiger partial charge in [-0.1, -0.05) is 0 Å². The van der Waals surface area contributed by atoms with Crippen molar-refractivity contribution in [3.63, 3.8) is 0 Å². The molecule has 6 heteroatoms. The highest BCUT2D eigenvalue weighted by Gasteiger charge is 2.30. The second-order valence-electron chi connectivity index (χ2n) is 4.75. The van der Waals surface area contributed by atoms with Gasteiger partial charge in [0.05, 0.1) is 22.6 Å². The summed E-state index contributed by atoms with van der Waals surface area (Å²) in [5.74, 6) is 0. The number of aryl methyl sites for hydroxylation is 1. The number of nitrogens with zero attached hydrogens (tertiary/aromatic N) is 2. The quantitative estimate of drug-likeness (QED) is 0.876. The summed E-state index contributed by atoms with van der Waals surface area (Å²) in [5.41, 5.74) is 0.995. The second kappa shape index (κ2) is 5.29. The number of β-amino-alcohol motifs (C(OH)–C–C–N with tert-alkyl or cyclic N) is 1. The van der Waals surface area contributed by atoms with Gasteiger partial charge in [0.1, 0.15) is 0 Å². The molecule has 102 valence electrons. The highest BCUT2D eigenvalue weighted by atomic mass is 32.2. The van der Waals surface area contributed by atoms with Crippen LogP contribution in [0.25, 0.3) is 0 Å². The van der Waals surface area contributed by atoms with Gasteiger partial charge >= 0.3 is 0 Å². The van der Waals surface area contributed by atoms with Gasteiger partial charge < -0.3 is 5.11 Å². The Morgan fingerprint density at radius 3 is 2.79 bits per heavy atom. The van der Waals surface area contributed by atoms with Crippen LogP contribution in [0.2, 0.25) is 0 Å². The molecule has 1 unspecified atom stereocenters. The van der Waals surface area contributed by atoms with Crippen LogP contribution >= 0.6 is 0 Å². The van der Waals surface area contributed by atoms with Crippen LogP contribution in [0.15, 0.2) is 23.1 Å². The van der Waals surface area contributed by atoms with Crippen LogP contribution in [0.3, 0.4) is 0 Å². The fourth-order valence-electron chi connectivity index (χ4n) is 2.29. The molecule has 0 aromatic heterocycles. The molecule has 1 aromatic rings. The van der Waals surface area contributed by atoms with Crippen LogP contribution < -0.4 is 0 Å². The van der Waals surface area contributed by atoms with Crippen LogP contribution in [-0.4, -0.2) is 37.0 Å². The Labute approximate surface area is 113 Å². The standard InChI is InChI=1S/C13H16N2O3S/c1-10-7-11(8-14)4-5-13(10)19(17,18)15-6-2-3-12(16)9-15/h4-5,7,12,16H,2-3,6,9H2,1H3. The van der Waals surface area contributed by atoms with Crippen molar-refractivity contribution in [2.24, 2.45) is 0 Å². The van der Waals surface area contributed by atoms with Crippen LogP contribution in [0, 0.1) is 18.3 Å². The topological polar surface area (TPSA) is 81.4 Å². The van der Waals surface area contributed by atoms with Crippen molar-refractivity contribution < 1.29 is 13.5 Å². The van der Waals surface area contributed by atoms with E-state index in [4.69, 9.17) is 5.26 Å². The van der Waals surface area contributed by atoms with Gasteiger partial charge in [-0.3, -0.25) is 0 Å². The van der Waals surface area contributed by atoms with E-state index in [9.17, 15) is 13.5 Å². The molecule has 1 aromatic carbocycles. The van der Waals surface area contributed by atoms with Gasteiger partial charge in [-0.05, 0) is 43.5 Å². The molecule has 0 radical (unpaired) electrons. The van der Waals surface area contributed by atoms with Crippen molar-refractivity contribution in [2.45, 2.75) is 30.8 Å². The lowest BCUT2D eigenvalue weighted by Crippen LogP contribution is -2.42. The predicted molar refractivity (Wildman–Crippen MR) is 69.9 cm³/mol. The smallest absolute Gasteiger partial charge is 0.243 e. The maximum absolute atomic E-state index is 12.5. The number of nitriles is 1. The molecule has 1 aliphatic heterocycles. The number of piperidine rings is 1. The largest absolute Gasteiger partial charge is 0.392 e. The summed E-state index contributed by atoms with van der Waals surface area (Å²) in [6, 6.07) is 6.51. The lowest BCUT2D eigenvalue weighted by atomic mass is 10.1. The molecular weight excluding hydrogens is 264 g/mol. The minimum atomic E-state index is -3.59. The lowest BCUT2D eigenvalue weighted by Gasteiger charge is -2.29. The average molecular weight is 280 g/mol. The first-order chi connectivity index (χ1) is 8.95. The predicted octanol–water partition coefficient (Wildman–Crippen LogP) is 1.01. The maximum Gasteiger partial charge on any atom is 0.243 e. The molecule has 0 amide bonds. The lowest BCUT2D eigenvalue weighted by molar-refractivity contribution is 0.108. The Balaban J connectivity index is 2.37. The van der Waals surface area contributed by atoms with Crippen molar-refractivity contribution in [1.82, 2.24) is 4.31 Å². The number of sulfonamides is 1. The van der Waals surface area contributed by atoms with E-state index in [1.165, 1.54) is 16.4 Å². The van der Waals surface area contributed by atoms with E-state index in [1.54, 1.807) is 13.0 Å². The Morgan fingerprint density at radius 1 is 1.47 bits per heavy atom. The molecule has 1 saturated heterocycles. The summed E-state index contributed by atoms with van der Waals surface area (Å²) in [7, 11) is -3.59. The summed E-state index contributed by atoms with van der Waals surface area (Å²) in [6.07, 6.45) is 0.705. The van der Waals surface area contributed by atoms with Gasteiger partial charge in [0.25, 0.3) is 0 Å². The molecule has 1 heterocycles. The summed E-state index contributed by atoms with van der Waals surface area (Å²) < 4.78 is 26.3. The van der Waals surface area contributed by atoms with Gasteiger partial charge in [-0.15, -0.1) is 0 Å². The fourth-order valence-corrected chi connectivity index (χ4v) is 4.01. The first-order valence-corrected chi connectivity index (χ1v) is 7.58. The third-order valence-corrected chi connectivity index (χ3v) is 5.31. The van der Waals surface area contributed by atoms with E-state index in [2.05, 4.69) is 0 Å². The van der Waals surface area contributed by atoms with E-state index < -0.39 is 16.1 Å². The van der Waals surface area contributed by atoms with E-state index in [0.29, 0.717) is 30.5 Å². The Hall–Kier alpha value is -1.42. The fraction of sp³-hybridized carbons (Fsp3) is 0.462. The molecule has 1 fully saturated rings. The normalized spacial score (nSPS) is 21.0. The number of aliphatic hydroxyl groups is 1. The number of aliphatic hydroxyl groups excluding tert-OH is 1. The van der Waals surface area contributed by atoms with E-state index in [0.717, 1.165) is 0 Å². The highest BCUT2D eigenvalue weighted by molar-refractivity contribution is 7.89. The Morgan fingerprint density at radius 2 is 2.21 bits per heavy atom. The van der Waals surface area contributed by atoms with Gasteiger partial charge in [-0.2, -0.15) is 9.57 Å². The van der Waals surface area contributed by atoms with Crippen molar-refractivity contribution in [3.8, 4) is 6.07 Å². The number of rotatable bonds is 2. The van der Waals surface area contributed by atoms with Gasteiger partial charge in [0.2, 0.25) is 10.0 Å². The maximum atomic E-state index is 12.5. The number of hydrogen-bond donors (Lipinski definition) is 1. The summed E-state index contributed by atoms with van der Waals surface area (Å²) >= 11 is 0. The van der Waals surface area contributed by atoms with Crippen LogP contribution in [0.4, 0.5) is 0 Å². The first-order valence-electron chi connectivity index (χ1n) is 6.14. The minimum Gasteiger partial charge on any atom is -0.392 e. The molecule has 19 heavy (non-hydrogen) atoms. The SMILES string of the molecule is Cc1cc(C#N)ccc1S(=O)(=O)N1CCCC(O)C1. The molecule has 0 aliphatic carbocycles. The van der Waals surface area contributed by atoms with E-state index in [-0.39, 0.29) is 11.4 Å². The molecule has 1 N–H and O–H groups in total. The van der Waals surface area contributed by atoms with Gasteiger partial charge in [0, 0.05) is 13.1 Å². The van der Waals surface area contributed by atoms with E-state index in [1.807, 2.05) is 6.07 Å². The van der Waals surface area contributed by atoms with Gasteiger partial charge in [-0.25, -0.2) is 8.42 Å². The van der Waals surface area contributed by atoms with Crippen molar-refractivity contribution in [3.05, 3.63) is 29.3 Å². The molecule has 0 bridgehead atoms. The molecule has 0 spiro atoms. The molecule has 0 saturated carbocycles. The average Bonchev–Trinajstić information content (AvgIpc) is 2.38. The summed E-state index contributed by atoms with van der Waals surface area (Å²) in [5, 5.41) is 18.4. The summed E-state index contributed by atoms with van der Waals surface area (Å²) in [6.45, 7) is 2.24. The molecule has 5 nitrogen and oxygen atoms in total. The van der Waals surface area contributed by atoms with Crippen molar-refractivity contribution >= 4 is 10.0 Å². The monoisotopic (exact) mass is 280 g/mol. The van der Waals surface area contributed by atoms with Crippen LogP contribution in [0.5, 0.6) is 0 Å². The van der Waals surface area contributed by atoms with E-state index >= 15 is 0 Å². The third-order valence-electron chi connectivity index (χ3n) is 3.28. The zero-order chi connectivity index (χ0) is 14.0. The van der Waals surface area contributed by atoms with Gasteiger partial charge in [0.15, 0.2) is 0 Å². The molecule has 1 aliphatic rings. The van der Waals surface area contributed by atoms with Crippen LogP contribution in [0.1, 0.15) is 24.0 Å². The zero-order valence-corrected chi connectivity index (χ0v) is 11.5. The number of benzene rings is 1. The molecule has 1 atom stereocenters. The zero-order valence-electron chi connectivity index (χ0n) is 10.7. The third kappa shape index (κ3) is 2.78. The van der Waals surface area contributed by atoms with Crippen molar-refractivity contribution in [1.29, 1.82) is 5.26 Å². The Bertz CT molecular complexity index is 619. The molecular formula is C13H16N2O3S. The van der Waals surface area contributed by atoms with Crippen molar-refractivity contribution in [2.75, 3.05) is 13.1 Å². The second-order valence-corrected chi connectivity index (χ2v) is 6.66. The first kappa shape index (κ1) is 14.0. The minimum absolute atomic E-state index is 0.141. The Kier molecular flexibility index (Phi) is 3.90. The number of hydrogen-bond acceptors (Lipinski definition) is 4. The summed E-state index contributed by atoms with van der Waals surface area (Å²) in [4.78, 5) is 0.209. The van der Waals surface area contributed by atoms with Crippen LogP contribution in [-0.2, 0) is 10.0 Å². The highest BCUT2D eigenvalue weighted by Crippen LogP contribution is 2.24. The molecule has 2 rings (SSSR count).